The summed E-state index contributed by atoms with van der Waals surface area (Å²) in [5.41, 5.74) is 3.85. The van der Waals surface area contributed by atoms with E-state index in [1.165, 1.54) is 39.5 Å². The molecule has 38 heavy (non-hydrogen) atoms. The summed E-state index contributed by atoms with van der Waals surface area (Å²) in [7, 11) is 1.39. The van der Waals surface area contributed by atoms with Crippen LogP contribution in [0.2, 0.25) is 0 Å². The molecule has 0 atom stereocenters. The zero-order valence-electron chi connectivity index (χ0n) is 22.0. The Labute approximate surface area is 221 Å². The second-order valence-electron chi connectivity index (χ2n) is 10.4. The topological polar surface area (TPSA) is 108 Å². The lowest BCUT2D eigenvalue weighted by Gasteiger charge is -2.26. The highest BCUT2D eigenvalue weighted by atomic mass is 16.5. The molecular formula is C29H33N7O2. The zero-order valence-corrected chi connectivity index (χ0v) is 22.0. The lowest BCUT2D eigenvalue weighted by molar-refractivity contribution is 0.0601. The van der Waals surface area contributed by atoms with Gasteiger partial charge in [-0.3, -0.25) is 0 Å². The molecule has 0 saturated carbocycles. The van der Waals surface area contributed by atoms with Crippen LogP contribution in [0, 0.1) is 0 Å². The zero-order chi connectivity index (χ0) is 26.1. The third-order valence-corrected chi connectivity index (χ3v) is 7.55. The van der Waals surface area contributed by atoms with E-state index >= 15 is 0 Å². The van der Waals surface area contributed by atoms with Crippen LogP contribution in [0.5, 0.6) is 0 Å². The molecule has 0 radical (unpaired) electrons. The van der Waals surface area contributed by atoms with Crippen molar-refractivity contribution in [3.8, 4) is 0 Å². The van der Waals surface area contributed by atoms with Crippen LogP contribution >= 0.6 is 0 Å². The van der Waals surface area contributed by atoms with E-state index in [1.54, 1.807) is 6.07 Å². The minimum absolute atomic E-state index is 0.365. The molecule has 6 rings (SSSR count). The van der Waals surface area contributed by atoms with Gasteiger partial charge >= 0.3 is 5.97 Å². The Bertz CT molecular complexity index is 1510. The van der Waals surface area contributed by atoms with E-state index in [0.717, 1.165) is 64.2 Å². The van der Waals surface area contributed by atoms with Gasteiger partial charge in [-0.05, 0) is 63.5 Å². The predicted octanol–water partition coefficient (Wildman–Crippen LogP) is 5.41. The second-order valence-corrected chi connectivity index (χ2v) is 10.4. The highest BCUT2D eigenvalue weighted by Crippen LogP contribution is 2.39. The molecule has 0 unspecified atom stereocenters. The molecule has 0 aliphatic carbocycles. The van der Waals surface area contributed by atoms with Crippen LogP contribution in [0.4, 0.5) is 5.82 Å². The van der Waals surface area contributed by atoms with Crippen LogP contribution in [0.1, 0.15) is 59.9 Å². The third-order valence-electron chi connectivity index (χ3n) is 7.55. The molecule has 2 aromatic heterocycles. The Kier molecular flexibility index (Phi) is 6.53. The van der Waals surface area contributed by atoms with E-state index in [4.69, 9.17) is 14.7 Å². The number of rotatable bonds is 9. The molecule has 2 aliphatic heterocycles. The summed E-state index contributed by atoms with van der Waals surface area (Å²) in [6, 6.07) is 13.9. The average Bonchev–Trinajstić information content (AvgIpc) is 3.59. The van der Waals surface area contributed by atoms with Gasteiger partial charge in [0.15, 0.2) is 0 Å². The van der Waals surface area contributed by atoms with E-state index in [1.807, 2.05) is 25.1 Å². The van der Waals surface area contributed by atoms with Gasteiger partial charge in [0.2, 0.25) is 5.66 Å². The number of piperidine rings is 1. The maximum absolute atomic E-state index is 12.1. The summed E-state index contributed by atoms with van der Waals surface area (Å²) in [6.45, 7) is 6.32. The number of ether oxygens (including phenoxy) is 1. The van der Waals surface area contributed by atoms with Gasteiger partial charge in [0.25, 0.3) is 0 Å². The van der Waals surface area contributed by atoms with Crippen LogP contribution < -0.4 is 5.32 Å². The maximum Gasteiger partial charge on any atom is 0.337 e. The third kappa shape index (κ3) is 4.98. The number of hydrogen-bond donors (Lipinski definition) is 2. The number of esters is 1. The normalized spacial score (nSPS) is 16.7. The van der Waals surface area contributed by atoms with Crippen LogP contribution in [0.3, 0.4) is 0 Å². The van der Waals surface area contributed by atoms with Crippen molar-refractivity contribution < 1.29 is 9.53 Å². The number of aromatic amines is 1. The second kappa shape index (κ2) is 10.1. The molecule has 4 aromatic rings. The van der Waals surface area contributed by atoms with E-state index < -0.39 is 5.66 Å². The molecule has 2 N–H and O–H groups in total. The Morgan fingerprint density at radius 2 is 1.95 bits per heavy atom. The summed E-state index contributed by atoms with van der Waals surface area (Å²) in [5, 5.41) is 13.9. The predicted molar refractivity (Wildman–Crippen MR) is 148 cm³/mol. The summed E-state index contributed by atoms with van der Waals surface area (Å²) >= 11 is 0. The van der Waals surface area contributed by atoms with Gasteiger partial charge in [-0.1, -0.05) is 36.8 Å². The molecule has 0 amide bonds. The van der Waals surface area contributed by atoms with E-state index in [2.05, 4.69) is 43.6 Å². The SMILES string of the molecule is COC(=O)c1ccc2c(c1)[nH]c1nc(Cc3cccc(C4(C)N=N4)c3)nc(NCCCN3CCCCC3)c12. The maximum atomic E-state index is 12.1. The monoisotopic (exact) mass is 511 g/mol. The standard InChI is InChI=1S/C29H33N7O2/c1-29(34-35-29)21-9-6-8-19(16-21)17-24-32-26(30-12-7-15-36-13-4-3-5-14-36)25-22-11-10-20(28(37)38-2)18-23(22)31-27(25)33-24/h6,8-11,16,18H,3-5,7,12-15,17H2,1-2H3,(H2,30,31,32,33). The molecule has 196 valence electrons. The molecule has 2 aliphatic rings. The molecule has 9 nitrogen and oxygen atoms in total. The van der Waals surface area contributed by atoms with Gasteiger partial charge in [-0.2, -0.15) is 10.2 Å². The largest absolute Gasteiger partial charge is 0.465 e. The lowest BCUT2D eigenvalue weighted by Crippen LogP contribution is -2.31. The van der Waals surface area contributed by atoms with Gasteiger partial charge < -0.3 is 19.9 Å². The summed E-state index contributed by atoms with van der Waals surface area (Å²) in [6.07, 6.45) is 5.58. The fraction of sp³-hybridized carbons (Fsp3) is 0.414. The van der Waals surface area contributed by atoms with Gasteiger partial charge in [0.1, 0.15) is 17.3 Å². The Balaban J connectivity index is 1.30. The molecular weight excluding hydrogens is 478 g/mol. The quantitative estimate of drug-likeness (QED) is 0.230. The number of anilines is 1. The van der Waals surface area contributed by atoms with Gasteiger partial charge in [0, 0.05) is 29.4 Å². The first-order valence-corrected chi connectivity index (χ1v) is 13.4. The van der Waals surface area contributed by atoms with Gasteiger partial charge in [-0.15, -0.1) is 0 Å². The minimum Gasteiger partial charge on any atom is -0.465 e. The summed E-state index contributed by atoms with van der Waals surface area (Å²) in [4.78, 5) is 28.0. The first-order valence-electron chi connectivity index (χ1n) is 13.4. The molecule has 1 fully saturated rings. The lowest BCUT2D eigenvalue weighted by atomic mass is 10.0. The van der Waals surface area contributed by atoms with Crippen molar-refractivity contribution in [3.05, 3.63) is 65.0 Å². The fourth-order valence-corrected chi connectivity index (χ4v) is 5.34. The number of aromatic nitrogens is 3. The number of likely N-dealkylation sites (tertiary alicyclic amines) is 1. The molecule has 0 spiro atoms. The highest BCUT2D eigenvalue weighted by Gasteiger charge is 2.36. The van der Waals surface area contributed by atoms with Crippen molar-refractivity contribution in [2.24, 2.45) is 10.2 Å². The van der Waals surface area contributed by atoms with Crippen molar-refractivity contribution >= 4 is 33.7 Å². The highest BCUT2D eigenvalue weighted by molar-refractivity contribution is 6.12. The van der Waals surface area contributed by atoms with Crippen LogP contribution in [-0.2, 0) is 16.8 Å². The van der Waals surface area contributed by atoms with E-state index in [9.17, 15) is 4.79 Å². The average molecular weight is 512 g/mol. The number of nitrogens with zero attached hydrogens (tertiary/aromatic N) is 5. The van der Waals surface area contributed by atoms with Crippen molar-refractivity contribution in [1.82, 2.24) is 19.9 Å². The molecule has 1 saturated heterocycles. The first-order chi connectivity index (χ1) is 18.5. The number of nitrogens with one attached hydrogen (secondary N) is 2. The molecule has 2 aromatic carbocycles. The minimum atomic E-state index is -0.420. The van der Waals surface area contributed by atoms with E-state index in [0.29, 0.717) is 12.0 Å². The van der Waals surface area contributed by atoms with Crippen molar-refractivity contribution in [1.29, 1.82) is 0 Å². The van der Waals surface area contributed by atoms with Crippen LogP contribution in [0.25, 0.3) is 21.9 Å². The van der Waals surface area contributed by atoms with Gasteiger partial charge in [0.05, 0.1) is 18.1 Å². The number of benzene rings is 2. The number of carbonyl (C=O) groups is 1. The smallest absolute Gasteiger partial charge is 0.337 e. The Morgan fingerprint density at radius 3 is 2.74 bits per heavy atom. The number of fused-ring (bicyclic) bond motifs is 3. The number of carbonyl (C=O) groups excluding carboxylic acids is 1. The Morgan fingerprint density at radius 1 is 1.11 bits per heavy atom. The molecule has 0 bridgehead atoms. The van der Waals surface area contributed by atoms with Crippen LogP contribution in [-0.4, -0.2) is 59.1 Å². The summed E-state index contributed by atoms with van der Waals surface area (Å²) in [5.74, 6) is 1.18. The van der Waals surface area contributed by atoms with Gasteiger partial charge in [-0.25, -0.2) is 14.8 Å². The number of methoxy groups -OCH3 is 1. The number of H-pyrrole nitrogens is 1. The molecule has 4 heterocycles. The van der Waals surface area contributed by atoms with Crippen LogP contribution in [0.15, 0.2) is 52.7 Å². The van der Waals surface area contributed by atoms with E-state index in [-0.39, 0.29) is 5.97 Å². The number of hydrogen-bond acceptors (Lipinski definition) is 8. The van der Waals surface area contributed by atoms with Crippen molar-refractivity contribution in [3.63, 3.8) is 0 Å². The van der Waals surface area contributed by atoms with Crippen molar-refractivity contribution in [2.75, 3.05) is 38.6 Å². The van der Waals surface area contributed by atoms with Crippen molar-refractivity contribution in [2.45, 2.75) is 44.7 Å². The molecule has 9 heteroatoms. The fourth-order valence-electron chi connectivity index (χ4n) is 5.34. The first kappa shape index (κ1) is 24.5. The Hall–Kier alpha value is -3.85. The summed E-state index contributed by atoms with van der Waals surface area (Å²) < 4.78 is 4.91.